The van der Waals surface area contributed by atoms with Crippen LogP contribution in [0.5, 0.6) is 0 Å². The number of hydrogen-bond donors (Lipinski definition) is 2. The maximum absolute atomic E-state index is 12.0. The molecule has 6 nitrogen and oxygen atoms in total. The number of aryl methyl sites for hydroxylation is 1. The first-order valence-corrected chi connectivity index (χ1v) is 5.66. The monoisotopic (exact) mass is 250 g/mol. The van der Waals surface area contributed by atoms with E-state index in [1.165, 1.54) is 18.2 Å². The van der Waals surface area contributed by atoms with Gasteiger partial charge in [-0.1, -0.05) is 0 Å². The molecule has 1 aromatic carbocycles. The quantitative estimate of drug-likeness (QED) is 0.619. The second-order valence-electron chi connectivity index (χ2n) is 4.65. The van der Waals surface area contributed by atoms with Crippen molar-refractivity contribution in [3.05, 3.63) is 39.4 Å². The average Bonchev–Trinajstić information content (AvgIpc) is 3.09. The van der Waals surface area contributed by atoms with Gasteiger partial charge in [0.25, 0.3) is 11.6 Å². The third kappa shape index (κ3) is 2.33. The Kier molecular flexibility index (Phi) is 3.04. The Morgan fingerprint density at radius 1 is 1.56 bits per heavy atom. The number of benzene rings is 1. The highest BCUT2D eigenvalue weighted by atomic mass is 16.6. The van der Waals surface area contributed by atoms with Crippen molar-refractivity contribution in [3.63, 3.8) is 0 Å². The van der Waals surface area contributed by atoms with Gasteiger partial charge in [-0.3, -0.25) is 14.9 Å². The van der Waals surface area contributed by atoms with Crippen LogP contribution in [-0.2, 0) is 0 Å². The van der Waals surface area contributed by atoms with Crippen molar-refractivity contribution in [2.24, 2.45) is 0 Å². The van der Waals surface area contributed by atoms with Crippen LogP contribution in [0.1, 0.15) is 28.8 Å². The van der Waals surface area contributed by atoms with E-state index in [0.717, 1.165) is 12.8 Å². The van der Waals surface area contributed by atoms with Crippen molar-refractivity contribution in [2.45, 2.75) is 25.3 Å². The summed E-state index contributed by atoms with van der Waals surface area (Å²) < 4.78 is 0. The van der Waals surface area contributed by atoms with E-state index in [4.69, 9.17) is 5.11 Å². The zero-order valence-corrected chi connectivity index (χ0v) is 9.97. The van der Waals surface area contributed by atoms with E-state index in [1.807, 2.05) is 0 Å². The van der Waals surface area contributed by atoms with E-state index in [2.05, 4.69) is 5.32 Å². The second-order valence-corrected chi connectivity index (χ2v) is 4.65. The van der Waals surface area contributed by atoms with Gasteiger partial charge in [-0.25, -0.2) is 0 Å². The van der Waals surface area contributed by atoms with Gasteiger partial charge in [-0.2, -0.15) is 0 Å². The third-order valence-electron chi connectivity index (χ3n) is 3.20. The summed E-state index contributed by atoms with van der Waals surface area (Å²) in [6, 6.07) is 4.12. The summed E-state index contributed by atoms with van der Waals surface area (Å²) >= 11 is 0. The lowest BCUT2D eigenvalue weighted by Gasteiger charge is -2.15. The fourth-order valence-electron chi connectivity index (χ4n) is 1.80. The molecule has 0 unspecified atom stereocenters. The number of nitrogens with one attached hydrogen (secondary N) is 1. The Balaban J connectivity index is 2.18. The first-order valence-electron chi connectivity index (χ1n) is 5.66. The van der Waals surface area contributed by atoms with Crippen LogP contribution in [0.4, 0.5) is 5.69 Å². The molecule has 0 saturated heterocycles. The second kappa shape index (κ2) is 4.38. The summed E-state index contributed by atoms with van der Waals surface area (Å²) in [6.07, 6.45) is 1.53. The van der Waals surface area contributed by atoms with Crippen molar-refractivity contribution in [2.75, 3.05) is 6.61 Å². The first-order chi connectivity index (χ1) is 8.47. The molecule has 1 saturated carbocycles. The number of nitro groups is 1. The molecular weight excluding hydrogens is 236 g/mol. The number of aliphatic hydroxyl groups excluding tert-OH is 1. The molecule has 6 heteroatoms. The maximum atomic E-state index is 12.0. The molecule has 0 atom stereocenters. The van der Waals surface area contributed by atoms with Gasteiger partial charge in [0.05, 0.1) is 17.1 Å². The summed E-state index contributed by atoms with van der Waals surface area (Å²) in [6.45, 7) is 1.57. The van der Waals surface area contributed by atoms with Crippen LogP contribution in [0.2, 0.25) is 0 Å². The Bertz CT molecular complexity index is 509. The number of carbonyl (C=O) groups excluding carboxylic acids is 1. The van der Waals surface area contributed by atoms with Crippen LogP contribution in [-0.4, -0.2) is 28.1 Å². The van der Waals surface area contributed by atoms with E-state index in [1.54, 1.807) is 6.92 Å². The lowest BCUT2D eigenvalue weighted by atomic mass is 10.1. The number of nitro benzene ring substituents is 1. The van der Waals surface area contributed by atoms with Gasteiger partial charge >= 0.3 is 0 Å². The molecule has 18 heavy (non-hydrogen) atoms. The molecular formula is C12H14N2O4. The van der Waals surface area contributed by atoms with E-state index < -0.39 is 10.5 Å². The number of carbonyl (C=O) groups is 1. The van der Waals surface area contributed by atoms with Gasteiger partial charge in [0.1, 0.15) is 0 Å². The molecule has 0 radical (unpaired) electrons. The van der Waals surface area contributed by atoms with Crippen molar-refractivity contribution in [1.29, 1.82) is 0 Å². The molecule has 1 amide bonds. The van der Waals surface area contributed by atoms with E-state index in [-0.39, 0.29) is 18.2 Å². The fraction of sp³-hybridized carbons (Fsp3) is 0.417. The van der Waals surface area contributed by atoms with Crippen molar-refractivity contribution in [1.82, 2.24) is 5.32 Å². The SMILES string of the molecule is Cc1cc([N+](=O)[O-])ccc1C(=O)NC1(CO)CC1. The number of aliphatic hydroxyl groups is 1. The summed E-state index contributed by atoms with van der Waals surface area (Å²) in [5.41, 5.74) is 0.439. The zero-order chi connectivity index (χ0) is 13.3. The number of hydrogen-bond acceptors (Lipinski definition) is 4. The summed E-state index contributed by atoms with van der Waals surface area (Å²) in [4.78, 5) is 22.1. The van der Waals surface area contributed by atoms with Gasteiger partial charge in [0.2, 0.25) is 0 Å². The zero-order valence-electron chi connectivity index (χ0n) is 9.97. The molecule has 1 aliphatic rings. The minimum atomic E-state index is -0.495. The Hall–Kier alpha value is -1.95. The lowest BCUT2D eigenvalue weighted by molar-refractivity contribution is -0.384. The highest BCUT2D eigenvalue weighted by molar-refractivity contribution is 5.96. The normalized spacial score (nSPS) is 16.1. The van der Waals surface area contributed by atoms with Crippen LogP contribution < -0.4 is 5.32 Å². The van der Waals surface area contributed by atoms with E-state index in [0.29, 0.717) is 11.1 Å². The number of rotatable bonds is 4. The van der Waals surface area contributed by atoms with Crippen molar-refractivity contribution in [3.8, 4) is 0 Å². The van der Waals surface area contributed by atoms with Crippen molar-refractivity contribution >= 4 is 11.6 Å². The molecule has 0 spiro atoms. The molecule has 96 valence electrons. The molecule has 1 fully saturated rings. The molecule has 0 aliphatic heterocycles. The molecule has 0 heterocycles. The van der Waals surface area contributed by atoms with Crippen LogP contribution >= 0.6 is 0 Å². The van der Waals surface area contributed by atoms with Crippen molar-refractivity contribution < 1.29 is 14.8 Å². The molecule has 2 rings (SSSR count). The minimum Gasteiger partial charge on any atom is -0.394 e. The van der Waals surface area contributed by atoms with Crippen LogP contribution in [0.25, 0.3) is 0 Å². The summed E-state index contributed by atoms with van der Waals surface area (Å²) in [7, 11) is 0. The third-order valence-corrected chi connectivity index (χ3v) is 3.20. The van der Waals surface area contributed by atoms with Crippen LogP contribution in [0.3, 0.4) is 0 Å². The van der Waals surface area contributed by atoms with E-state index >= 15 is 0 Å². The van der Waals surface area contributed by atoms with Crippen LogP contribution in [0, 0.1) is 17.0 Å². The highest BCUT2D eigenvalue weighted by Crippen LogP contribution is 2.35. The molecule has 0 bridgehead atoms. The maximum Gasteiger partial charge on any atom is 0.269 e. The number of amides is 1. The first kappa shape index (κ1) is 12.5. The molecule has 0 aromatic heterocycles. The molecule has 1 aliphatic carbocycles. The standard InChI is InChI=1S/C12H14N2O4/c1-8-6-9(14(17)18)2-3-10(8)11(16)13-12(7-15)4-5-12/h2-3,6,15H,4-5,7H2,1H3,(H,13,16). The molecule has 2 N–H and O–H groups in total. The topological polar surface area (TPSA) is 92.5 Å². The Labute approximate surface area is 104 Å². The summed E-state index contributed by atoms with van der Waals surface area (Å²) in [5.74, 6) is -0.297. The summed E-state index contributed by atoms with van der Waals surface area (Å²) in [5, 5.41) is 22.5. The van der Waals surface area contributed by atoms with Gasteiger partial charge in [0.15, 0.2) is 0 Å². The van der Waals surface area contributed by atoms with E-state index in [9.17, 15) is 14.9 Å². The average molecular weight is 250 g/mol. The van der Waals surface area contributed by atoms with Crippen LogP contribution in [0.15, 0.2) is 18.2 Å². The number of nitrogens with zero attached hydrogens (tertiary/aromatic N) is 1. The smallest absolute Gasteiger partial charge is 0.269 e. The largest absolute Gasteiger partial charge is 0.394 e. The minimum absolute atomic E-state index is 0.0349. The molecule has 1 aromatic rings. The van der Waals surface area contributed by atoms with Gasteiger partial charge in [-0.15, -0.1) is 0 Å². The number of non-ortho nitro benzene ring substituents is 1. The highest BCUT2D eigenvalue weighted by Gasteiger charge is 2.43. The van der Waals surface area contributed by atoms with Gasteiger partial charge in [0, 0.05) is 17.7 Å². The van der Waals surface area contributed by atoms with Gasteiger partial charge < -0.3 is 10.4 Å². The predicted octanol–water partition coefficient (Wildman–Crippen LogP) is 1.16. The Morgan fingerprint density at radius 2 is 2.22 bits per heavy atom. The fourth-order valence-corrected chi connectivity index (χ4v) is 1.80. The van der Waals surface area contributed by atoms with Gasteiger partial charge in [-0.05, 0) is 31.4 Å². The predicted molar refractivity (Wildman–Crippen MR) is 64.4 cm³/mol. The lowest BCUT2D eigenvalue weighted by Crippen LogP contribution is -2.39. The Morgan fingerprint density at radius 3 is 2.67 bits per heavy atom.